The van der Waals surface area contributed by atoms with Crippen molar-refractivity contribution >= 4 is 5.96 Å². The van der Waals surface area contributed by atoms with Crippen molar-refractivity contribution < 1.29 is 9.47 Å². The molecule has 1 N–H and O–H groups in total. The molecule has 0 amide bonds. The molecule has 1 saturated heterocycles. The van der Waals surface area contributed by atoms with Gasteiger partial charge < -0.3 is 19.7 Å². The molecule has 22 heavy (non-hydrogen) atoms. The van der Waals surface area contributed by atoms with Crippen molar-refractivity contribution in [3.05, 3.63) is 23.9 Å². The minimum absolute atomic E-state index is 0.533. The SMILES string of the molecule is CCNC(=NCc1cccc(OC)n1)N(C)CC1CCOC1. The fraction of sp³-hybridized carbons (Fsp3) is 0.625. The third kappa shape index (κ3) is 4.87. The number of aromatic nitrogens is 1. The maximum absolute atomic E-state index is 5.44. The third-order valence-electron chi connectivity index (χ3n) is 3.63. The molecule has 0 aliphatic carbocycles. The lowest BCUT2D eigenvalue weighted by Gasteiger charge is -2.24. The molecule has 1 aliphatic heterocycles. The lowest BCUT2D eigenvalue weighted by molar-refractivity contribution is 0.181. The summed E-state index contributed by atoms with van der Waals surface area (Å²) in [6, 6.07) is 5.73. The Morgan fingerprint density at radius 1 is 1.55 bits per heavy atom. The summed E-state index contributed by atoms with van der Waals surface area (Å²) in [4.78, 5) is 11.2. The number of hydrogen-bond acceptors (Lipinski definition) is 4. The normalized spacial score (nSPS) is 18.3. The molecule has 1 unspecified atom stereocenters. The van der Waals surface area contributed by atoms with E-state index in [-0.39, 0.29) is 0 Å². The molecule has 2 heterocycles. The van der Waals surface area contributed by atoms with E-state index in [1.54, 1.807) is 7.11 Å². The van der Waals surface area contributed by atoms with Crippen molar-refractivity contribution in [3.8, 4) is 5.88 Å². The molecular weight excluding hydrogens is 280 g/mol. The molecule has 1 aromatic rings. The van der Waals surface area contributed by atoms with Gasteiger partial charge >= 0.3 is 0 Å². The van der Waals surface area contributed by atoms with Gasteiger partial charge in [0.15, 0.2) is 5.96 Å². The number of pyridine rings is 1. The molecule has 1 aliphatic rings. The van der Waals surface area contributed by atoms with Crippen LogP contribution in [0.25, 0.3) is 0 Å². The second-order valence-electron chi connectivity index (χ2n) is 5.45. The van der Waals surface area contributed by atoms with Crippen LogP contribution in [0.3, 0.4) is 0 Å². The maximum atomic E-state index is 5.44. The molecule has 0 saturated carbocycles. The Balaban J connectivity index is 1.98. The van der Waals surface area contributed by atoms with Crippen LogP contribution in [0.2, 0.25) is 0 Å². The van der Waals surface area contributed by atoms with E-state index in [4.69, 9.17) is 9.47 Å². The van der Waals surface area contributed by atoms with Crippen molar-refractivity contribution in [3.63, 3.8) is 0 Å². The van der Waals surface area contributed by atoms with Gasteiger partial charge in [-0.25, -0.2) is 9.98 Å². The first-order valence-electron chi connectivity index (χ1n) is 7.80. The first kappa shape index (κ1) is 16.5. The first-order valence-corrected chi connectivity index (χ1v) is 7.80. The highest BCUT2D eigenvalue weighted by Crippen LogP contribution is 2.13. The molecule has 0 bridgehead atoms. The Labute approximate surface area is 132 Å². The number of guanidine groups is 1. The minimum atomic E-state index is 0.533. The van der Waals surface area contributed by atoms with Gasteiger partial charge in [-0.2, -0.15) is 0 Å². The van der Waals surface area contributed by atoms with E-state index in [1.807, 2.05) is 18.2 Å². The van der Waals surface area contributed by atoms with Gasteiger partial charge in [0.1, 0.15) is 0 Å². The lowest BCUT2D eigenvalue weighted by Crippen LogP contribution is -2.41. The van der Waals surface area contributed by atoms with Gasteiger partial charge in [-0.1, -0.05) is 6.07 Å². The Hall–Kier alpha value is -1.82. The second-order valence-corrected chi connectivity index (χ2v) is 5.45. The molecule has 1 fully saturated rings. The van der Waals surface area contributed by atoms with Crippen LogP contribution in [-0.4, -0.2) is 56.3 Å². The average molecular weight is 306 g/mol. The standard InChI is InChI=1S/C16H26N4O2/c1-4-17-16(20(2)11-13-8-9-22-12-13)18-10-14-6-5-7-15(19-14)21-3/h5-7,13H,4,8-12H2,1-3H3,(H,17,18). The summed E-state index contributed by atoms with van der Waals surface area (Å²) in [5.41, 5.74) is 0.896. The zero-order valence-electron chi connectivity index (χ0n) is 13.7. The summed E-state index contributed by atoms with van der Waals surface area (Å²) in [7, 11) is 3.69. The average Bonchev–Trinajstić information content (AvgIpc) is 3.04. The smallest absolute Gasteiger partial charge is 0.213 e. The fourth-order valence-corrected chi connectivity index (χ4v) is 2.49. The fourth-order valence-electron chi connectivity index (χ4n) is 2.49. The van der Waals surface area contributed by atoms with Crippen LogP contribution in [0.5, 0.6) is 5.88 Å². The van der Waals surface area contributed by atoms with Gasteiger partial charge in [0.25, 0.3) is 0 Å². The molecule has 0 aromatic carbocycles. The minimum Gasteiger partial charge on any atom is -0.481 e. The Bertz CT molecular complexity index is 487. The van der Waals surface area contributed by atoms with Crippen LogP contribution in [-0.2, 0) is 11.3 Å². The van der Waals surface area contributed by atoms with Crippen LogP contribution in [0.1, 0.15) is 19.0 Å². The number of nitrogens with one attached hydrogen (secondary N) is 1. The molecule has 6 heteroatoms. The van der Waals surface area contributed by atoms with E-state index in [0.717, 1.165) is 44.4 Å². The lowest BCUT2D eigenvalue weighted by atomic mass is 10.1. The molecule has 2 rings (SSSR count). The van der Waals surface area contributed by atoms with Gasteiger partial charge in [-0.15, -0.1) is 0 Å². The van der Waals surface area contributed by atoms with Gasteiger partial charge in [0.05, 0.1) is 26.0 Å². The molecule has 6 nitrogen and oxygen atoms in total. The molecule has 1 aromatic heterocycles. The van der Waals surface area contributed by atoms with Crippen LogP contribution < -0.4 is 10.1 Å². The topological polar surface area (TPSA) is 59.0 Å². The largest absolute Gasteiger partial charge is 0.481 e. The van der Waals surface area contributed by atoms with E-state index in [2.05, 4.69) is 34.2 Å². The van der Waals surface area contributed by atoms with Gasteiger partial charge in [-0.3, -0.25) is 0 Å². The van der Waals surface area contributed by atoms with E-state index >= 15 is 0 Å². The summed E-state index contributed by atoms with van der Waals surface area (Å²) >= 11 is 0. The van der Waals surface area contributed by atoms with E-state index in [9.17, 15) is 0 Å². The summed E-state index contributed by atoms with van der Waals surface area (Å²) in [6.45, 7) is 6.13. The second kappa shape index (κ2) is 8.58. The predicted octanol–water partition coefficient (Wildman–Crippen LogP) is 1.52. The number of aliphatic imine (C=N–C) groups is 1. The molecule has 0 spiro atoms. The quantitative estimate of drug-likeness (QED) is 0.638. The Morgan fingerprint density at radius 3 is 3.09 bits per heavy atom. The van der Waals surface area contributed by atoms with E-state index in [0.29, 0.717) is 18.3 Å². The number of rotatable bonds is 6. The summed E-state index contributed by atoms with van der Waals surface area (Å²) in [5.74, 6) is 2.11. The maximum Gasteiger partial charge on any atom is 0.213 e. The van der Waals surface area contributed by atoms with Crippen LogP contribution >= 0.6 is 0 Å². The summed E-state index contributed by atoms with van der Waals surface area (Å²) < 4.78 is 10.6. The van der Waals surface area contributed by atoms with Crippen molar-refractivity contribution in [2.24, 2.45) is 10.9 Å². The third-order valence-corrected chi connectivity index (χ3v) is 3.63. The number of nitrogens with zero attached hydrogens (tertiary/aromatic N) is 3. The summed E-state index contributed by atoms with van der Waals surface area (Å²) in [5, 5.41) is 3.33. The van der Waals surface area contributed by atoms with E-state index < -0.39 is 0 Å². The van der Waals surface area contributed by atoms with Gasteiger partial charge in [0.2, 0.25) is 5.88 Å². The highest BCUT2D eigenvalue weighted by Gasteiger charge is 2.19. The number of hydrogen-bond donors (Lipinski definition) is 1. The van der Waals surface area contributed by atoms with Crippen molar-refractivity contribution in [2.75, 3.05) is 40.5 Å². The highest BCUT2D eigenvalue weighted by atomic mass is 16.5. The number of methoxy groups -OCH3 is 1. The number of ether oxygens (including phenoxy) is 2. The van der Waals surface area contributed by atoms with Crippen molar-refractivity contribution in [1.82, 2.24) is 15.2 Å². The highest BCUT2D eigenvalue weighted by molar-refractivity contribution is 5.79. The van der Waals surface area contributed by atoms with Crippen LogP contribution in [0.4, 0.5) is 0 Å². The Kier molecular flexibility index (Phi) is 6.45. The summed E-state index contributed by atoms with van der Waals surface area (Å²) in [6.07, 6.45) is 1.13. The van der Waals surface area contributed by atoms with E-state index in [1.165, 1.54) is 0 Å². The molecule has 0 radical (unpaired) electrons. The first-order chi connectivity index (χ1) is 10.7. The van der Waals surface area contributed by atoms with Gasteiger partial charge in [0, 0.05) is 38.7 Å². The Morgan fingerprint density at radius 2 is 2.41 bits per heavy atom. The monoisotopic (exact) mass is 306 g/mol. The van der Waals surface area contributed by atoms with Crippen molar-refractivity contribution in [1.29, 1.82) is 0 Å². The molecular formula is C16H26N4O2. The molecule has 122 valence electrons. The van der Waals surface area contributed by atoms with Crippen LogP contribution in [0, 0.1) is 5.92 Å². The predicted molar refractivity (Wildman–Crippen MR) is 87.2 cm³/mol. The molecule has 1 atom stereocenters. The van der Waals surface area contributed by atoms with Gasteiger partial charge in [-0.05, 0) is 19.4 Å². The zero-order valence-corrected chi connectivity index (χ0v) is 13.7. The van der Waals surface area contributed by atoms with Crippen molar-refractivity contribution in [2.45, 2.75) is 19.9 Å². The zero-order chi connectivity index (χ0) is 15.8. The van der Waals surface area contributed by atoms with Crippen LogP contribution in [0.15, 0.2) is 23.2 Å².